The number of hydrazone groups is 1. The summed E-state index contributed by atoms with van der Waals surface area (Å²) in [6.45, 7) is 1.58. The Morgan fingerprint density at radius 3 is 2.42 bits per heavy atom. The second-order valence-corrected chi connectivity index (χ2v) is 6.74. The number of aryl methyl sites for hydroxylation is 1. The number of ether oxygens (including phenoxy) is 2. The Hall–Kier alpha value is -2.82. The van der Waals surface area contributed by atoms with Crippen molar-refractivity contribution in [3.63, 3.8) is 0 Å². The Morgan fingerprint density at radius 2 is 1.77 bits per heavy atom. The summed E-state index contributed by atoms with van der Waals surface area (Å²) in [6, 6.07) is 14.0. The Labute approximate surface area is 153 Å². The molecule has 0 saturated heterocycles. The summed E-state index contributed by atoms with van der Waals surface area (Å²) < 4.78 is 10.6. The van der Waals surface area contributed by atoms with Gasteiger partial charge in [0.1, 0.15) is 11.5 Å². The number of benzene rings is 2. The number of hydrogen-bond acceptors (Lipinski definition) is 4. The SMILES string of the molecule is COc1ccc([C@@H]2[C@H]3CCc4cc(OC)ccc4C3=NN2C(C)=O)cc1. The molecule has 134 valence electrons. The molecule has 1 aliphatic heterocycles. The van der Waals surface area contributed by atoms with Crippen LogP contribution in [0.4, 0.5) is 0 Å². The maximum atomic E-state index is 12.3. The zero-order valence-corrected chi connectivity index (χ0v) is 15.2. The number of methoxy groups -OCH3 is 2. The predicted octanol–water partition coefficient (Wildman–Crippen LogP) is 3.57. The van der Waals surface area contributed by atoms with Crippen molar-refractivity contribution in [2.24, 2.45) is 11.0 Å². The molecule has 2 atom stereocenters. The van der Waals surface area contributed by atoms with Gasteiger partial charge in [0, 0.05) is 18.4 Å². The van der Waals surface area contributed by atoms with E-state index in [0.717, 1.165) is 41.2 Å². The molecule has 2 aliphatic rings. The second-order valence-electron chi connectivity index (χ2n) is 6.74. The van der Waals surface area contributed by atoms with E-state index in [2.05, 4.69) is 12.1 Å². The number of rotatable bonds is 3. The van der Waals surface area contributed by atoms with Crippen LogP contribution in [0.5, 0.6) is 11.5 Å². The third-order valence-electron chi connectivity index (χ3n) is 5.30. The van der Waals surface area contributed by atoms with Crippen molar-refractivity contribution in [1.29, 1.82) is 0 Å². The summed E-state index contributed by atoms with van der Waals surface area (Å²) in [7, 11) is 3.33. The summed E-state index contributed by atoms with van der Waals surface area (Å²) in [5.74, 6) is 1.83. The van der Waals surface area contributed by atoms with Crippen LogP contribution in [-0.2, 0) is 11.2 Å². The molecular weight excluding hydrogens is 328 g/mol. The van der Waals surface area contributed by atoms with Gasteiger partial charge in [-0.05, 0) is 54.3 Å². The highest BCUT2D eigenvalue weighted by Crippen LogP contribution is 2.44. The molecule has 0 aromatic heterocycles. The lowest BCUT2D eigenvalue weighted by Crippen LogP contribution is -2.31. The Bertz CT molecular complexity index is 873. The number of hydrogen-bond donors (Lipinski definition) is 0. The third kappa shape index (κ3) is 2.64. The van der Waals surface area contributed by atoms with Gasteiger partial charge in [-0.3, -0.25) is 4.79 Å². The average molecular weight is 350 g/mol. The van der Waals surface area contributed by atoms with Crippen molar-refractivity contribution in [2.45, 2.75) is 25.8 Å². The zero-order chi connectivity index (χ0) is 18.3. The van der Waals surface area contributed by atoms with Gasteiger partial charge in [-0.2, -0.15) is 5.10 Å². The fourth-order valence-electron chi connectivity index (χ4n) is 4.03. The third-order valence-corrected chi connectivity index (χ3v) is 5.30. The molecule has 1 heterocycles. The molecule has 0 unspecified atom stereocenters. The number of nitrogens with zero attached hydrogens (tertiary/aromatic N) is 2. The molecule has 4 rings (SSSR count). The van der Waals surface area contributed by atoms with Gasteiger partial charge in [0.2, 0.25) is 5.91 Å². The van der Waals surface area contributed by atoms with Gasteiger partial charge in [-0.25, -0.2) is 5.01 Å². The van der Waals surface area contributed by atoms with Crippen molar-refractivity contribution in [1.82, 2.24) is 5.01 Å². The van der Waals surface area contributed by atoms with E-state index in [1.54, 1.807) is 26.2 Å². The van der Waals surface area contributed by atoms with E-state index in [9.17, 15) is 4.79 Å². The first-order valence-electron chi connectivity index (χ1n) is 8.82. The molecule has 2 aromatic carbocycles. The van der Waals surface area contributed by atoms with Crippen LogP contribution in [0.25, 0.3) is 0 Å². The van der Waals surface area contributed by atoms with E-state index in [-0.39, 0.29) is 17.9 Å². The zero-order valence-electron chi connectivity index (χ0n) is 15.2. The lowest BCUT2D eigenvalue weighted by Gasteiger charge is -2.29. The van der Waals surface area contributed by atoms with E-state index in [1.165, 1.54) is 5.56 Å². The maximum Gasteiger partial charge on any atom is 0.240 e. The minimum absolute atomic E-state index is 0.0391. The molecule has 26 heavy (non-hydrogen) atoms. The molecule has 2 aromatic rings. The molecule has 0 radical (unpaired) electrons. The minimum Gasteiger partial charge on any atom is -0.497 e. The standard InChI is InChI=1S/C21H22N2O3/c1-13(24)23-21(14-4-7-16(25-2)8-5-14)19-10-6-15-12-17(26-3)9-11-18(15)20(19)22-23/h4-5,7-9,11-12,19,21H,6,10H2,1-3H3/t19-,21+/m0/s1. The Balaban J connectivity index is 1.75. The highest BCUT2D eigenvalue weighted by Gasteiger charge is 2.43. The van der Waals surface area contributed by atoms with Gasteiger partial charge >= 0.3 is 0 Å². The highest BCUT2D eigenvalue weighted by molar-refractivity contribution is 6.06. The van der Waals surface area contributed by atoms with Crippen LogP contribution in [0, 0.1) is 5.92 Å². The topological polar surface area (TPSA) is 51.1 Å². The molecule has 1 aliphatic carbocycles. The van der Waals surface area contributed by atoms with E-state index in [0.29, 0.717) is 0 Å². The van der Waals surface area contributed by atoms with Crippen LogP contribution in [0.2, 0.25) is 0 Å². The summed E-state index contributed by atoms with van der Waals surface area (Å²) in [4.78, 5) is 12.3. The van der Waals surface area contributed by atoms with E-state index >= 15 is 0 Å². The van der Waals surface area contributed by atoms with Crippen LogP contribution >= 0.6 is 0 Å². The quantitative estimate of drug-likeness (QED) is 0.850. The Morgan fingerprint density at radius 1 is 1.08 bits per heavy atom. The van der Waals surface area contributed by atoms with E-state index in [1.807, 2.05) is 30.3 Å². The molecule has 0 saturated carbocycles. The van der Waals surface area contributed by atoms with Crippen molar-refractivity contribution in [3.05, 3.63) is 59.2 Å². The maximum absolute atomic E-state index is 12.3. The summed E-state index contributed by atoms with van der Waals surface area (Å²) in [6.07, 6.45) is 1.91. The summed E-state index contributed by atoms with van der Waals surface area (Å²) in [5.41, 5.74) is 4.45. The van der Waals surface area contributed by atoms with Crippen LogP contribution < -0.4 is 9.47 Å². The van der Waals surface area contributed by atoms with Gasteiger partial charge in [0.05, 0.1) is 26.0 Å². The fourth-order valence-corrected chi connectivity index (χ4v) is 4.03. The van der Waals surface area contributed by atoms with Crippen LogP contribution in [-0.4, -0.2) is 30.8 Å². The molecular formula is C21H22N2O3. The minimum atomic E-state index is -0.0661. The second kappa shape index (κ2) is 6.48. The monoisotopic (exact) mass is 350 g/mol. The van der Waals surface area contributed by atoms with Crippen molar-refractivity contribution in [2.75, 3.05) is 14.2 Å². The van der Waals surface area contributed by atoms with Crippen molar-refractivity contribution >= 4 is 11.6 Å². The smallest absolute Gasteiger partial charge is 0.240 e. The molecule has 0 N–H and O–H groups in total. The highest BCUT2D eigenvalue weighted by atomic mass is 16.5. The molecule has 0 fully saturated rings. The normalized spacial score (nSPS) is 20.9. The van der Waals surface area contributed by atoms with E-state index in [4.69, 9.17) is 14.6 Å². The number of fused-ring (bicyclic) bond motifs is 3. The van der Waals surface area contributed by atoms with Gasteiger partial charge in [-0.15, -0.1) is 0 Å². The van der Waals surface area contributed by atoms with Gasteiger partial charge in [0.15, 0.2) is 0 Å². The Kier molecular flexibility index (Phi) is 4.15. The van der Waals surface area contributed by atoms with Crippen LogP contribution in [0.15, 0.2) is 47.6 Å². The fraction of sp³-hybridized carbons (Fsp3) is 0.333. The van der Waals surface area contributed by atoms with Crippen LogP contribution in [0.1, 0.15) is 36.1 Å². The number of carbonyl (C=O) groups is 1. The molecule has 0 spiro atoms. The van der Waals surface area contributed by atoms with Crippen LogP contribution in [0.3, 0.4) is 0 Å². The molecule has 5 heteroatoms. The molecule has 5 nitrogen and oxygen atoms in total. The van der Waals surface area contributed by atoms with Crippen molar-refractivity contribution < 1.29 is 14.3 Å². The number of carbonyl (C=O) groups excluding carboxylic acids is 1. The summed E-state index contributed by atoms with van der Waals surface area (Å²) in [5, 5.41) is 6.38. The van der Waals surface area contributed by atoms with Crippen molar-refractivity contribution in [3.8, 4) is 11.5 Å². The summed E-state index contributed by atoms with van der Waals surface area (Å²) >= 11 is 0. The first-order valence-corrected chi connectivity index (χ1v) is 8.82. The predicted molar refractivity (Wildman–Crippen MR) is 99.6 cm³/mol. The largest absolute Gasteiger partial charge is 0.497 e. The first-order chi connectivity index (χ1) is 12.6. The lowest BCUT2D eigenvalue weighted by atomic mass is 9.77. The van der Waals surface area contributed by atoms with Gasteiger partial charge in [0.25, 0.3) is 0 Å². The van der Waals surface area contributed by atoms with Gasteiger partial charge in [-0.1, -0.05) is 12.1 Å². The average Bonchev–Trinajstić information content (AvgIpc) is 3.07. The lowest BCUT2D eigenvalue weighted by molar-refractivity contribution is -0.131. The molecule has 1 amide bonds. The van der Waals surface area contributed by atoms with E-state index < -0.39 is 0 Å². The number of amides is 1. The van der Waals surface area contributed by atoms with Gasteiger partial charge < -0.3 is 9.47 Å². The molecule has 0 bridgehead atoms. The first kappa shape index (κ1) is 16.6.